The van der Waals surface area contributed by atoms with Gasteiger partial charge in [0.2, 0.25) is 10.0 Å². The van der Waals surface area contributed by atoms with Crippen LogP contribution < -0.4 is 4.72 Å². The van der Waals surface area contributed by atoms with E-state index in [0.29, 0.717) is 38.5 Å². The van der Waals surface area contributed by atoms with Crippen molar-refractivity contribution in [1.82, 2.24) is 4.72 Å². The third-order valence-corrected chi connectivity index (χ3v) is 6.15. The van der Waals surface area contributed by atoms with Crippen LogP contribution in [0.1, 0.15) is 38.5 Å². The highest BCUT2D eigenvalue weighted by Gasteiger charge is 2.37. The lowest BCUT2D eigenvalue weighted by Gasteiger charge is -2.21. The molecule has 1 aliphatic rings. The van der Waals surface area contributed by atoms with Crippen LogP contribution in [0.25, 0.3) is 0 Å². The van der Waals surface area contributed by atoms with Crippen LogP contribution in [0.15, 0.2) is 47.4 Å². The molecular weight excluding hydrogens is 357 g/mol. The second kappa shape index (κ2) is 9.83. The molecule has 1 saturated carbocycles. The lowest BCUT2D eigenvalue weighted by atomic mass is 9.98. The molecule has 7 heteroatoms. The molecule has 2 rings (SSSR count). The van der Waals surface area contributed by atoms with Gasteiger partial charge in [-0.3, -0.25) is 4.79 Å². The zero-order chi connectivity index (χ0) is 19.0. The van der Waals surface area contributed by atoms with E-state index in [-0.39, 0.29) is 16.8 Å². The van der Waals surface area contributed by atoms with Crippen LogP contribution in [0.3, 0.4) is 0 Å². The van der Waals surface area contributed by atoms with E-state index in [4.69, 9.17) is 0 Å². The molecule has 3 atom stereocenters. The number of unbranched alkanes of at least 4 members (excludes halogenated alkanes) is 1. The molecule has 1 aliphatic carbocycles. The zero-order valence-corrected chi connectivity index (χ0v) is 15.8. The van der Waals surface area contributed by atoms with Gasteiger partial charge in [-0.05, 0) is 44.2 Å². The number of alkyl halides is 1. The first-order valence-corrected chi connectivity index (χ1v) is 10.4. The van der Waals surface area contributed by atoms with Gasteiger partial charge < -0.3 is 4.74 Å². The molecule has 144 valence electrons. The quantitative estimate of drug-likeness (QED) is 0.403. The highest BCUT2D eigenvalue weighted by molar-refractivity contribution is 7.89. The van der Waals surface area contributed by atoms with Crippen molar-refractivity contribution in [3.05, 3.63) is 42.5 Å². The molecule has 26 heavy (non-hydrogen) atoms. The minimum Gasteiger partial charge on any atom is -0.469 e. The van der Waals surface area contributed by atoms with Crippen LogP contribution in [-0.4, -0.2) is 33.7 Å². The lowest BCUT2D eigenvalue weighted by molar-refractivity contribution is -0.140. The van der Waals surface area contributed by atoms with Crippen LogP contribution in [0.5, 0.6) is 0 Å². The van der Waals surface area contributed by atoms with E-state index in [1.807, 2.05) is 12.2 Å². The maximum absolute atomic E-state index is 14.2. The molecule has 1 aromatic carbocycles. The summed E-state index contributed by atoms with van der Waals surface area (Å²) >= 11 is 0. The van der Waals surface area contributed by atoms with Gasteiger partial charge in [0.05, 0.1) is 12.0 Å². The minimum absolute atomic E-state index is 0.194. The summed E-state index contributed by atoms with van der Waals surface area (Å²) in [6.07, 6.45) is 5.85. The monoisotopic (exact) mass is 383 g/mol. The Bertz CT molecular complexity index is 706. The molecule has 0 amide bonds. The number of carbonyl (C=O) groups is 1. The smallest absolute Gasteiger partial charge is 0.305 e. The third-order valence-electron chi connectivity index (χ3n) is 4.65. The molecule has 0 aliphatic heterocycles. The Labute approximate surface area is 154 Å². The molecule has 0 unspecified atom stereocenters. The summed E-state index contributed by atoms with van der Waals surface area (Å²) in [6, 6.07) is 7.72. The van der Waals surface area contributed by atoms with Crippen molar-refractivity contribution >= 4 is 16.0 Å². The van der Waals surface area contributed by atoms with Gasteiger partial charge in [0.15, 0.2) is 0 Å². The van der Waals surface area contributed by atoms with Crippen molar-refractivity contribution < 1.29 is 22.3 Å². The summed E-state index contributed by atoms with van der Waals surface area (Å²) in [6.45, 7) is 0. The number of ether oxygens (including phenoxy) is 1. The molecule has 0 radical (unpaired) electrons. The van der Waals surface area contributed by atoms with Gasteiger partial charge in [-0.2, -0.15) is 0 Å². The summed E-state index contributed by atoms with van der Waals surface area (Å²) in [4.78, 5) is 11.2. The molecule has 0 spiro atoms. The van der Waals surface area contributed by atoms with Crippen LogP contribution in [0.4, 0.5) is 4.39 Å². The molecule has 1 N–H and O–H groups in total. The van der Waals surface area contributed by atoms with Gasteiger partial charge in [0.25, 0.3) is 0 Å². The Morgan fingerprint density at radius 3 is 2.69 bits per heavy atom. The largest absolute Gasteiger partial charge is 0.469 e. The summed E-state index contributed by atoms with van der Waals surface area (Å²) in [5.41, 5.74) is 0. The van der Waals surface area contributed by atoms with E-state index < -0.39 is 22.2 Å². The van der Waals surface area contributed by atoms with Crippen molar-refractivity contribution in [2.45, 2.75) is 55.6 Å². The fraction of sp³-hybridized carbons (Fsp3) is 0.526. The second-order valence-electron chi connectivity index (χ2n) is 6.47. The number of allylic oxidation sites excluding steroid dienone is 2. The maximum atomic E-state index is 14.2. The van der Waals surface area contributed by atoms with E-state index in [0.717, 1.165) is 0 Å². The van der Waals surface area contributed by atoms with Crippen molar-refractivity contribution in [1.29, 1.82) is 0 Å². The topological polar surface area (TPSA) is 72.5 Å². The van der Waals surface area contributed by atoms with Crippen molar-refractivity contribution in [3.63, 3.8) is 0 Å². The van der Waals surface area contributed by atoms with E-state index in [9.17, 15) is 17.6 Å². The number of benzene rings is 1. The van der Waals surface area contributed by atoms with Crippen LogP contribution >= 0.6 is 0 Å². The Kier molecular flexibility index (Phi) is 7.78. The summed E-state index contributed by atoms with van der Waals surface area (Å²) in [5, 5.41) is 0. The molecule has 5 nitrogen and oxygen atoms in total. The predicted molar refractivity (Wildman–Crippen MR) is 97.8 cm³/mol. The van der Waals surface area contributed by atoms with E-state index in [1.54, 1.807) is 18.2 Å². The first-order valence-electron chi connectivity index (χ1n) is 8.87. The highest BCUT2D eigenvalue weighted by Crippen LogP contribution is 2.33. The number of carbonyl (C=O) groups excluding carboxylic acids is 1. The first-order chi connectivity index (χ1) is 12.4. The summed E-state index contributed by atoms with van der Waals surface area (Å²) < 4.78 is 46.4. The Balaban J connectivity index is 1.88. The minimum atomic E-state index is -3.64. The van der Waals surface area contributed by atoms with Gasteiger partial charge >= 0.3 is 5.97 Å². The van der Waals surface area contributed by atoms with E-state index in [2.05, 4.69) is 9.46 Å². The molecule has 0 bridgehead atoms. The number of hydrogen-bond donors (Lipinski definition) is 1. The van der Waals surface area contributed by atoms with Crippen LogP contribution in [-0.2, 0) is 19.6 Å². The number of rotatable bonds is 9. The van der Waals surface area contributed by atoms with Gasteiger partial charge in [-0.15, -0.1) is 0 Å². The lowest BCUT2D eigenvalue weighted by Crippen LogP contribution is -2.38. The van der Waals surface area contributed by atoms with Crippen LogP contribution in [0.2, 0.25) is 0 Å². The fourth-order valence-electron chi connectivity index (χ4n) is 3.18. The predicted octanol–water partition coefficient (Wildman–Crippen LogP) is 3.37. The Morgan fingerprint density at radius 2 is 2.00 bits per heavy atom. The number of sulfonamides is 1. The average molecular weight is 383 g/mol. The van der Waals surface area contributed by atoms with Gasteiger partial charge in [0.1, 0.15) is 6.17 Å². The first kappa shape index (κ1) is 20.6. The highest BCUT2D eigenvalue weighted by atomic mass is 32.2. The van der Waals surface area contributed by atoms with E-state index >= 15 is 0 Å². The van der Waals surface area contributed by atoms with Gasteiger partial charge in [-0.1, -0.05) is 30.4 Å². The Hall–Kier alpha value is -1.73. The maximum Gasteiger partial charge on any atom is 0.305 e. The van der Waals surface area contributed by atoms with Crippen molar-refractivity contribution in [2.75, 3.05) is 7.11 Å². The van der Waals surface area contributed by atoms with Crippen molar-refractivity contribution in [2.24, 2.45) is 5.92 Å². The second-order valence-corrected chi connectivity index (χ2v) is 8.19. The van der Waals surface area contributed by atoms with Crippen molar-refractivity contribution in [3.8, 4) is 0 Å². The van der Waals surface area contributed by atoms with E-state index in [1.165, 1.54) is 19.2 Å². The molecule has 0 aromatic heterocycles. The molecule has 0 saturated heterocycles. The average Bonchev–Trinajstić information content (AvgIpc) is 2.97. The SMILES string of the molecule is COC(=O)CCC/C=C\C[C@H]1[C@H](F)CC[C@@H]1NS(=O)(=O)c1ccccc1. The number of methoxy groups -OCH3 is 1. The number of hydrogen-bond acceptors (Lipinski definition) is 4. The van der Waals surface area contributed by atoms with Gasteiger partial charge in [-0.25, -0.2) is 17.5 Å². The summed E-state index contributed by atoms with van der Waals surface area (Å²) in [5.74, 6) is -0.612. The molecule has 0 heterocycles. The standard InChI is InChI=1S/C19H26FNO4S/c1-25-19(22)12-8-3-2-7-11-16-17(20)13-14-18(16)21-26(23,24)15-9-5-4-6-10-15/h2,4-7,9-10,16-18,21H,3,8,11-14H2,1H3/b7-2-/t16-,17+,18-/m0/s1. The van der Waals surface area contributed by atoms with Crippen LogP contribution in [0, 0.1) is 5.92 Å². The molecule has 1 aromatic rings. The number of nitrogens with one attached hydrogen (secondary N) is 1. The summed E-state index contributed by atoms with van der Waals surface area (Å²) in [7, 11) is -2.29. The number of halogens is 1. The molecular formula is C19H26FNO4S. The van der Waals surface area contributed by atoms with Gasteiger partial charge in [0, 0.05) is 18.4 Å². The Morgan fingerprint density at radius 1 is 1.27 bits per heavy atom. The fourth-order valence-corrected chi connectivity index (χ4v) is 4.52. The zero-order valence-electron chi connectivity index (χ0n) is 14.9. The number of esters is 1. The third kappa shape index (κ3) is 5.92. The normalized spacial score (nSPS) is 23.4. The molecule has 1 fully saturated rings.